The van der Waals surface area contributed by atoms with Crippen molar-refractivity contribution in [3.8, 4) is 0 Å². The van der Waals surface area contributed by atoms with Crippen LogP contribution >= 0.6 is 7.60 Å². The van der Waals surface area contributed by atoms with E-state index in [1.54, 1.807) is 0 Å². The smallest absolute Gasteiger partial charge is 0.324 e. The molecule has 0 amide bonds. The molecule has 25 heavy (non-hydrogen) atoms. The van der Waals surface area contributed by atoms with Gasteiger partial charge in [-0.1, -0.05) is 110 Å². The summed E-state index contributed by atoms with van der Waals surface area (Å²) >= 11 is 0. The number of hydrogen-bond donors (Lipinski definition) is 1. The third-order valence-electron chi connectivity index (χ3n) is 4.84. The fourth-order valence-electron chi connectivity index (χ4n) is 3.13. The summed E-state index contributed by atoms with van der Waals surface area (Å²) in [6.07, 6.45) is 21.2. The van der Waals surface area contributed by atoms with E-state index in [2.05, 4.69) is 13.8 Å². The Morgan fingerprint density at radius 1 is 0.600 bits per heavy atom. The van der Waals surface area contributed by atoms with Gasteiger partial charge in [-0.25, -0.2) is 0 Å². The molecule has 0 aliphatic heterocycles. The fourth-order valence-corrected chi connectivity index (χ4v) is 4.30. The van der Waals surface area contributed by atoms with Crippen LogP contribution in [0.5, 0.6) is 0 Å². The van der Waals surface area contributed by atoms with Gasteiger partial charge in [-0.15, -0.1) is 0 Å². The van der Waals surface area contributed by atoms with E-state index >= 15 is 0 Å². The van der Waals surface area contributed by atoms with Crippen LogP contribution in [0, 0.1) is 0 Å². The summed E-state index contributed by atoms with van der Waals surface area (Å²) in [5, 5.41) is 0. The zero-order valence-corrected chi connectivity index (χ0v) is 18.0. The zero-order chi connectivity index (χ0) is 18.6. The molecule has 0 saturated heterocycles. The Hall–Kier alpha value is 0.150. The lowest BCUT2D eigenvalue weighted by Crippen LogP contribution is -1.97. The lowest BCUT2D eigenvalue weighted by molar-refractivity contribution is 0.252. The summed E-state index contributed by atoms with van der Waals surface area (Å²) in [5.41, 5.74) is 0. The molecular formula is C21H45O3P. The van der Waals surface area contributed by atoms with Crippen molar-refractivity contribution in [1.82, 2.24) is 0 Å². The Kier molecular flexibility index (Phi) is 19.0. The van der Waals surface area contributed by atoms with Crippen molar-refractivity contribution in [3.63, 3.8) is 0 Å². The predicted molar refractivity (Wildman–Crippen MR) is 110 cm³/mol. The fraction of sp³-hybridized carbons (Fsp3) is 1.00. The van der Waals surface area contributed by atoms with Crippen LogP contribution in [0.15, 0.2) is 0 Å². The Bertz CT molecular complexity index is 308. The highest BCUT2D eigenvalue weighted by molar-refractivity contribution is 7.52. The average molecular weight is 377 g/mol. The molecule has 1 N–H and O–H groups in total. The summed E-state index contributed by atoms with van der Waals surface area (Å²) in [7, 11) is -3.33. The first kappa shape index (κ1) is 25.1. The Balaban J connectivity index is 3.32. The molecule has 0 fully saturated rings. The highest BCUT2D eigenvalue weighted by Gasteiger charge is 2.17. The number of hydrogen-bond acceptors (Lipinski definition) is 2. The third-order valence-corrected chi connectivity index (χ3v) is 6.30. The molecule has 0 bridgehead atoms. The van der Waals surface area contributed by atoms with Crippen molar-refractivity contribution in [1.29, 1.82) is 0 Å². The van der Waals surface area contributed by atoms with Gasteiger partial charge in [0.05, 0.1) is 6.61 Å². The molecule has 3 nitrogen and oxygen atoms in total. The average Bonchev–Trinajstić information content (AvgIpc) is 2.59. The maximum atomic E-state index is 11.9. The van der Waals surface area contributed by atoms with Crippen LogP contribution in [0.25, 0.3) is 0 Å². The van der Waals surface area contributed by atoms with Gasteiger partial charge in [-0.3, -0.25) is 4.57 Å². The lowest BCUT2D eigenvalue weighted by atomic mass is 10.1. The molecule has 0 heterocycles. The second kappa shape index (κ2) is 18.9. The van der Waals surface area contributed by atoms with Crippen LogP contribution in [0.1, 0.15) is 123 Å². The largest absolute Gasteiger partial charge is 0.328 e. The van der Waals surface area contributed by atoms with Crippen LogP contribution in [-0.2, 0) is 9.09 Å². The molecule has 0 radical (unpaired) electrons. The summed E-state index contributed by atoms with van der Waals surface area (Å²) in [6.45, 7) is 4.91. The van der Waals surface area contributed by atoms with E-state index in [0.717, 1.165) is 25.7 Å². The van der Waals surface area contributed by atoms with Crippen LogP contribution in [0.3, 0.4) is 0 Å². The molecule has 0 spiro atoms. The SMILES string of the molecule is CCCCCCCCCCCCCP(=O)(O)OCCCCCCCC. The highest BCUT2D eigenvalue weighted by atomic mass is 31.2. The van der Waals surface area contributed by atoms with Gasteiger partial charge in [0, 0.05) is 6.16 Å². The van der Waals surface area contributed by atoms with Gasteiger partial charge in [0.15, 0.2) is 0 Å². The van der Waals surface area contributed by atoms with E-state index in [9.17, 15) is 9.46 Å². The first-order chi connectivity index (χ1) is 12.1. The molecule has 0 aliphatic carbocycles. The predicted octanol–water partition coefficient (Wildman–Crippen LogP) is 7.86. The van der Waals surface area contributed by atoms with Crippen molar-refractivity contribution in [2.45, 2.75) is 123 Å². The first-order valence-electron chi connectivity index (χ1n) is 11.1. The van der Waals surface area contributed by atoms with Crippen LogP contribution < -0.4 is 0 Å². The van der Waals surface area contributed by atoms with E-state index < -0.39 is 7.60 Å². The molecule has 1 unspecified atom stereocenters. The van der Waals surface area contributed by atoms with Gasteiger partial charge in [0.25, 0.3) is 0 Å². The summed E-state index contributed by atoms with van der Waals surface area (Å²) in [5.74, 6) is 0. The first-order valence-corrected chi connectivity index (χ1v) is 12.8. The van der Waals surface area contributed by atoms with E-state index in [-0.39, 0.29) is 0 Å². The number of unbranched alkanes of at least 4 members (excludes halogenated alkanes) is 15. The topological polar surface area (TPSA) is 46.5 Å². The monoisotopic (exact) mass is 376 g/mol. The van der Waals surface area contributed by atoms with Gasteiger partial charge in [-0.05, 0) is 12.8 Å². The second-order valence-corrected chi connectivity index (χ2v) is 9.48. The minimum absolute atomic E-state index is 0.333. The Labute approximate surface area is 157 Å². The van der Waals surface area contributed by atoms with Crippen LogP contribution in [0.4, 0.5) is 0 Å². The van der Waals surface area contributed by atoms with E-state index in [1.165, 1.54) is 83.5 Å². The van der Waals surface area contributed by atoms with Gasteiger partial charge >= 0.3 is 7.60 Å². The molecule has 0 aliphatic rings. The molecule has 4 heteroatoms. The van der Waals surface area contributed by atoms with Crippen LogP contribution in [-0.4, -0.2) is 17.7 Å². The van der Waals surface area contributed by atoms with Gasteiger partial charge in [-0.2, -0.15) is 0 Å². The van der Waals surface area contributed by atoms with Crippen LogP contribution in [0.2, 0.25) is 0 Å². The highest BCUT2D eigenvalue weighted by Crippen LogP contribution is 2.43. The minimum atomic E-state index is -3.33. The van der Waals surface area contributed by atoms with E-state index in [1.807, 2.05) is 0 Å². The molecule has 0 rings (SSSR count). The molecule has 0 aromatic carbocycles. The summed E-state index contributed by atoms with van der Waals surface area (Å²) < 4.78 is 17.2. The van der Waals surface area contributed by atoms with Crippen molar-refractivity contribution in [2.24, 2.45) is 0 Å². The van der Waals surface area contributed by atoms with Crippen molar-refractivity contribution in [2.75, 3.05) is 12.8 Å². The van der Waals surface area contributed by atoms with Crippen molar-refractivity contribution >= 4 is 7.60 Å². The van der Waals surface area contributed by atoms with Gasteiger partial charge < -0.3 is 9.42 Å². The Morgan fingerprint density at radius 2 is 0.960 bits per heavy atom. The molecule has 0 aromatic rings. The molecule has 0 saturated carbocycles. The maximum Gasteiger partial charge on any atom is 0.328 e. The summed E-state index contributed by atoms with van der Waals surface area (Å²) in [4.78, 5) is 9.83. The quantitative estimate of drug-likeness (QED) is 0.174. The molecular weight excluding hydrogens is 331 g/mol. The summed E-state index contributed by atoms with van der Waals surface area (Å²) in [6, 6.07) is 0. The maximum absolute atomic E-state index is 11.9. The normalized spacial score (nSPS) is 13.9. The van der Waals surface area contributed by atoms with Crippen molar-refractivity contribution in [3.05, 3.63) is 0 Å². The van der Waals surface area contributed by atoms with E-state index in [0.29, 0.717) is 12.8 Å². The second-order valence-electron chi connectivity index (χ2n) is 7.50. The third kappa shape index (κ3) is 20.3. The Morgan fingerprint density at radius 3 is 1.40 bits per heavy atom. The van der Waals surface area contributed by atoms with E-state index in [4.69, 9.17) is 4.52 Å². The molecule has 0 aromatic heterocycles. The lowest BCUT2D eigenvalue weighted by Gasteiger charge is -2.12. The van der Waals surface area contributed by atoms with Gasteiger partial charge in [0.2, 0.25) is 0 Å². The zero-order valence-electron chi connectivity index (χ0n) is 17.1. The van der Waals surface area contributed by atoms with Crippen molar-refractivity contribution < 1.29 is 14.0 Å². The molecule has 1 atom stereocenters. The number of rotatable bonds is 20. The minimum Gasteiger partial charge on any atom is -0.324 e. The standard InChI is InChI=1S/C21H45O3P/c1-3-5-7-9-11-12-13-14-15-17-19-21-25(22,23)24-20-18-16-10-8-6-4-2/h3-21H2,1-2H3,(H,22,23). The molecule has 152 valence electrons. The van der Waals surface area contributed by atoms with Gasteiger partial charge in [0.1, 0.15) is 0 Å².